The van der Waals surface area contributed by atoms with Gasteiger partial charge >= 0.3 is 0 Å². The molecule has 3 aliphatic rings. The number of nitrogens with zero attached hydrogens (tertiary/aromatic N) is 2. The van der Waals surface area contributed by atoms with E-state index < -0.39 is 0 Å². The maximum atomic E-state index is 13.1. The van der Waals surface area contributed by atoms with Crippen LogP contribution in [-0.4, -0.2) is 41.2 Å². The molecular weight excluding hydrogens is 319 g/mol. The summed E-state index contributed by atoms with van der Waals surface area (Å²) in [7, 11) is 0. The molecule has 134 valence electrons. The average Bonchev–Trinajstić information content (AvgIpc) is 2.84. The zero-order chi connectivity index (χ0) is 17.4. The van der Waals surface area contributed by atoms with E-state index in [-0.39, 0.29) is 35.6 Å². The molecule has 3 fully saturated rings. The van der Waals surface area contributed by atoms with Crippen molar-refractivity contribution in [2.75, 3.05) is 19.6 Å². The number of hydrogen-bond acceptors (Lipinski definition) is 2. The van der Waals surface area contributed by atoms with E-state index in [0.717, 1.165) is 31.4 Å². The Hall–Kier alpha value is -1.91. The number of hydrogen-bond donors (Lipinski definition) is 0. The summed E-state index contributed by atoms with van der Waals surface area (Å²) in [5.41, 5.74) is 1.10. The van der Waals surface area contributed by atoms with Crippen molar-refractivity contribution in [1.82, 2.24) is 9.80 Å². The Kier molecular flexibility index (Phi) is 4.26. The minimum Gasteiger partial charge on any atom is -0.334 e. The van der Waals surface area contributed by atoms with E-state index in [1.165, 1.54) is 31.4 Å². The van der Waals surface area contributed by atoms with Gasteiger partial charge in [0.15, 0.2) is 0 Å². The lowest BCUT2D eigenvalue weighted by atomic mass is 9.73. The Morgan fingerprint density at radius 3 is 2.52 bits per heavy atom. The fourth-order valence-corrected chi connectivity index (χ4v) is 4.73. The molecule has 4 nitrogen and oxygen atoms in total. The zero-order valence-corrected chi connectivity index (χ0v) is 14.5. The quantitative estimate of drug-likeness (QED) is 0.844. The maximum absolute atomic E-state index is 13.1. The van der Waals surface area contributed by atoms with Gasteiger partial charge in [0.1, 0.15) is 5.82 Å². The third-order valence-electron chi connectivity index (χ3n) is 6.24. The van der Waals surface area contributed by atoms with Crippen LogP contribution in [0.2, 0.25) is 0 Å². The molecule has 0 unspecified atom stereocenters. The minimum atomic E-state index is -0.263. The molecule has 2 amide bonds. The lowest BCUT2D eigenvalue weighted by molar-refractivity contribution is -0.144. The van der Waals surface area contributed by atoms with Gasteiger partial charge in [-0.2, -0.15) is 0 Å². The summed E-state index contributed by atoms with van der Waals surface area (Å²) < 4.78 is 13.1. The summed E-state index contributed by atoms with van der Waals surface area (Å²) in [6.07, 6.45) is 7.41. The number of amides is 2. The highest BCUT2D eigenvalue weighted by Gasteiger charge is 2.45. The summed E-state index contributed by atoms with van der Waals surface area (Å²) in [5, 5.41) is 0. The van der Waals surface area contributed by atoms with Crippen LogP contribution in [0.4, 0.5) is 4.39 Å². The van der Waals surface area contributed by atoms with E-state index in [1.807, 2.05) is 4.90 Å². The van der Waals surface area contributed by atoms with Gasteiger partial charge in [-0.25, -0.2) is 4.39 Å². The monoisotopic (exact) mass is 344 g/mol. The van der Waals surface area contributed by atoms with Gasteiger partial charge in [-0.1, -0.05) is 31.4 Å². The first-order chi connectivity index (χ1) is 12.1. The number of rotatable bonds is 3. The van der Waals surface area contributed by atoms with Crippen LogP contribution in [0.15, 0.2) is 24.3 Å². The summed E-state index contributed by atoms with van der Waals surface area (Å²) in [6, 6.07) is 6.39. The van der Waals surface area contributed by atoms with Crippen LogP contribution in [0.25, 0.3) is 0 Å². The lowest BCUT2D eigenvalue weighted by Crippen LogP contribution is -2.49. The largest absolute Gasteiger partial charge is 0.334 e. The van der Waals surface area contributed by atoms with Crippen molar-refractivity contribution in [1.29, 1.82) is 0 Å². The Morgan fingerprint density at radius 2 is 1.88 bits per heavy atom. The first-order valence-corrected chi connectivity index (χ1v) is 9.39. The second-order valence-corrected chi connectivity index (χ2v) is 7.93. The van der Waals surface area contributed by atoms with E-state index in [1.54, 1.807) is 17.0 Å². The van der Waals surface area contributed by atoms with Crippen molar-refractivity contribution in [2.45, 2.75) is 51.0 Å². The van der Waals surface area contributed by atoms with Crippen molar-refractivity contribution >= 4 is 11.8 Å². The predicted octanol–water partition coefficient (Wildman–Crippen LogP) is 3.28. The zero-order valence-electron chi connectivity index (χ0n) is 14.5. The molecule has 25 heavy (non-hydrogen) atoms. The highest BCUT2D eigenvalue weighted by Crippen LogP contribution is 2.44. The molecule has 2 saturated heterocycles. The molecule has 0 radical (unpaired) electrons. The number of carbonyl (C=O) groups is 2. The molecule has 4 rings (SSSR count). The van der Waals surface area contributed by atoms with E-state index in [9.17, 15) is 14.0 Å². The molecule has 2 heterocycles. The van der Waals surface area contributed by atoms with Crippen LogP contribution in [0.1, 0.15) is 56.6 Å². The molecule has 5 heteroatoms. The third-order valence-corrected chi connectivity index (χ3v) is 6.24. The minimum absolute atomic E-state index is 0.0155. The van der Waals surface area contributed by atoms with Gasteiger partial charge in [0, 0.05) is 19.5 Å². The summed E-state index contributed by atoms with van der Waals surface area (Å²) >= 11 is 0. The maximum Gasteiger partial charge on any atom is 0.242 e. The van der Waals surface area contributed by atoms with Crippen LogP contribution in [0.3, 0.4) is 0 Å². The topological polar surface area (TPSA) is 40.6 Å². The molecule has 1 spiro atoms. The first kappa shape index (κ1) is 16.6. The average molecular weight is 344 g/mol. The van der Waals surface area contributed by atoms with E-state index in [4.69, 9.17) is 0 Å². The van der Waals surface area contributed by atoms with Crippen LogP contribution >= 0.6 is 0 Å². The van der Waals surface area contributed by atoms with Crippen LogP contribution < -0.4 is 0 Å². The van der Waals surface area contributed by atoms with Gasteiger partial charge in [-0.15, -0.1) is 0 Å². The van der Waals surface area contributed by atoms with Gasteiger partial charge in [0.05, 0.1) is 12.6 Å². The van der Waals surface area contributed by atoms with Crippen LogP contribution in [-0.2, 0) is 9.59 Å². The highest BCUT2D eigenvalue weighted by molar-refractivity contribution is 5.87. The van der Waals surface area contributed by atoms with Gasteiger partial charge in [0.2, 0.25) is 11.8 Å². The predicted molar refractivity (Wildman–Crippen MR) is 92.2 cm³/mol. The van der Waals surface area contributed by atoms with Gasteiger partial charge < -0.3 is 9.80 Å². The molecule has 2 aliphatic heterocycles. The molecule has 1 aliphatic carbocycles. The van der Waals surface area contributed by atoms with Gasteiger partial charge in [-0.3, -0.25) is 9.59 Å². The van der Waals surface area contributed by atoms with Crippen LogP contribution in [0.5, 0.6) is 0 Å². The fourth-order valence-electron chi connectivity index (χ4n) is 4.73. The Labute approximate surface area is 148 Å². The van der Waals surface area contributed by atoms with Crippen molar-refractivity contribution in [3.63, 3.8) is 0 Å². The Balaban J connectivity index is 1.38. The van der Waals surface area contributed by atoms with Gasteiger partial charge in [0.25, 0.3) is 0 Å². The Morgan fingerprint density at radius 1 is 1.16 bits per heavy atom. The molecule has 0 N–H and O–H groups in total. The van der Waals surface area contributed by atoms with Gasteiger partial charge in [-0.05, 0) is 42.4 Å². The second kappa shape index (κ2) is 6.43. The van der Waals surface area contributed by atoms with Crippen molar-refractivity contribution in [2.24, 2.45) is 5.41 Å². The molecule has 1 aromatic rings. The molecule has 1 aromatic carbocycles. The number of halogens is 1. The molecular formula is C20H25FN2O2. The first-order valence-electron chi connectivity index (χ1n) is 9.39. The second-order valence-electron chi connectivity index (χ2n) is 7.93. The molecule has 1 atom stereocenters. The lowest BCUT2D eigenvalue weighted by Gasteiger charge is -2.42. The Bertz CT molecular complexity index is 667. The normalized spacial score (nSPS) is 25.3. The third kappa shape index (κ3) is 3.16. The van der Waals surface area contributed by atoms with E-state index in [2.05, 4.69) is 0 Å². The smallest absolute Gasteiger partial charge is 0.242 e. The van der Waals surface area contributed by atoms with Crippen molar-refractivity contribution < 1.29 is 14.0 Å². The van der Waals surface area contributed by atoms with Crippen molar-refractivity contribution in [3.8, 4) is 0 Å². The summed E-state index contributed by atoms with van der Waals surface area (Å²) in [5.74, 6) is -0.114. The molecule has 0 bridgehead atoms. The number of likely N-dealkylation sites (tertiary alicyclic amines) is 2. The fraction of sp³-hybridized carbons (Fsp3) is 0.600. The van der Waals surface area contributed by atoms with Crippen molar-refractivity contribution in [3.05, 3.63) is 35.6 Å². The standard InChI is InChI=1S/C20H25FN2O2/c21-16-6-4-15(5-7-16)17-8-11-23(17)19(25)13-22-14-20(12-18(22)24)9-2-1-3-10-20/h4-7,17H,1-3,8-14H2/t17-/m1/s1. The van der Waals surface area contributed by atoms with E-state index in [0.29, 0.717) is 13.0 Å². The molecule has 0 aromatic heterocycles. The SMILES string of the molecule is O=C1CC2(CCCCC2)CN1CC(=O)N1CC[C@@H]1c1ccc(F)cc1. The van der Waals surface area contributed by atoms with E-state index >= 15 is 0 Å². The van der Waals surface area contributed by atoms with Crippen LogP contribution in [0, 0.1) is 11.2 Å². The summed E-state index contributed by atoms with van der Waals surface area (Å²) in [4.78, 5) is 28.7. The summed E-state index contributed by atoms with van der Waals surface area (Å²) in [6.45, 7) is 1.65. The number of benzene rings is 1. The molecule has 1 saturated carbocycles. The number of carbonyl (C=O) groups excluding carboxylic acids is 2. The highest BCUT2D eigenvalue weighted by atomic mass is 19.1.